The number of carbonyl (C=O) groups excluding carboxylic acids is 1. The number of hydrogen-bond donors (Lipinski definition) is 2. The second-order valence-corrected chi connectivity index (χ2v) is 7.33. The van der Waals surface area contributed by atoms with Crippen molar-refractivity contribution in [2.75, 3.05) is 31.5 Å². The van der Waals surface area contributed by atoms with E-state index in [4.69, 9.17) is 16.7 Å². The fourth-order valence-corrected chi connectivity index (χ4v) is 4.18. The summed E-state index contributed by atoms with van der Waals surface area (Å²) in [6.45, 7) is 3.63. The number of nitrogens with one attached hydrogen (secondary N) is 1. The van der Waals surface area contributed by atoms with E-state index in [0.29, 0.717) is 5.69 Å². The highest BCUT2D eigenvalue weighted by molar-refractivity contribution is 7.89. The summed E-state index contributed by atoms with van der Waals surface area (Å²) in [4.78, 5) is 23.2. The Balaban J connectivity index is 2.19. The molecule has 0 radical (unpaired) electrons. The molecule has 130 valence electrons. The van der Waals surface area contributed by atoms with E-state index >= 15 is 0 Å². The molecule has 0 unspecified atom stereocenters. The quantitative estimate of drug-likeness (QED) is 0.777. The Kier molecular flexibility index (Phi) is 5.47. The van der Waals surface area contributed by atoms with Gasteiger partial charge < -0.3 is 15.3 Å². The van der Waals surface area contributed by atoms with Crippen LogP contribution in [0.2, 0.25) is 5.02 Å². The maximum absolute atomic E-state index is 12.6. The Hall–Kier alpha value is -2.10. The highest BCUT2D eigenvalue weighted by Crippen LogP contribution is 2.28. The number of sulfonamides is 1. The molecular weight excluding hydrogens is 358 g/mol. The Morgan fingerprint density at radius 3 is 2.38 bits per heavy atom. The van der Waals surface area contributed by atoms with E-state index in [0.717, 1.165) is 11.0 Å². The van der Waals surface area contributed by atoms with Crippen LogP contribution in [0.3, 0.4) is 0 Å². The van der Waals surface area contributed by atoms with Crippen LogP contribution in [0.5, 0.6) is 0 Å². The van der Waals surface area contributed by atoms with Gasteiger partial charge in [-0.15, -0.1) is 0 Å². The summed E-state index contributed by atoms with van der Waals surface area (Å²) in [6, 6.07) is 4.07. The first-order valence-corrected chi connectivity index (χ1v) is 8.78. The number of rotatable bonds is 4. The lowest BCUT2D eigenvalue weighted by molar-refractivity contribution is -0.111. The molecule has 0 bridgehead atoms. The van der Waals surface area contributed by atoms with Crippen LogP contribution in [0, 0.1) is 0 Å². The molecular formula is C14H16ClN3O5S. The summed E-state index contributed by atoms with van der Waals surface area (Å²) in [5.74, 6) is -0.438. The molecule has 2 N–H and O–H groups in total. The predicted octanol–water partition coefficient (Wildman–Crippen LogP) is 1.45. The van der Waals surface area contributed by atoms with Crippen molar-refractivity contribution in [3.05, 3.63) is 35.9 Å². The Morgan fingerprint density at radius 1 is 1.25 bits per heavy atom. The zero-order valence-corrected chi connectivity index (χ0v) is 14.2. The van der Waals surface area contributed by atoms with Gasteiger partial charge in [0.25, 0.3) is 0 Å². The molecule has 1 aliphatic heterocycles. The number of nitrogens with zero attached hydrogens (tertiary/aromatic N) is 2. The summed E-state index contributed by atoms with van der Waals surface area (Å²) < 4.78 is 26.5. The number of halogens is 1. The summed E-state index contributed by atoms with van der Waals surface area (Å²) in [5.41, 5.74) is 0.347. The van der Waals surface area contributed by atoms with Gasteiger partial charge in [0.05, 0.1) is 5.02 Å². The van der Waals surface area contributed by atoms with Gasteiger partial charge in [-0.3, -0.25) is 4.79 Å². The van der Waals surface area contributed by atoms with Gasteiger partial charge >= 0.3 is 6.09 Å². The average Bonchev–Trinajstić information content (AvgIpc) is 2.54. The molecule has 1 aromatic carbocycles. The molecule has 0 aromatic heterocycles. The lowest BCUT2D eigenvalue weighted by Crippen LogP contribution is -2.50. The SMILES string of the molecule is C=CC(=O)Nc1ccc(S(=O)(=O)N2CCN(C(=O)O)CC2)c(Cl)c1. The molecule has 24 heavy (non-hydrogen) atoms. The topological polar surface area (TPSA) is 107 Å². The molecule has 2 rings (SSSR count). The van der Waals surface area contributed by atoms with Crippen molar-refractivity contribution < 1.29 is 23.1 Å². The number of hydrogen-bond acceptors (Lipinski definition) is 4. The van der Waals surface area contributed by atoms with Gasteiger partial charge in [0.15, 0.2) is 0 Å². The summed E-state index contributed by atoms with van der Waals surface area (Å²) >= 11 is 6.05. The first kappa shape index (κ1) is 18.2. The van der Waals surface area contributed by atoms with Gasteiger partial charge in [0.1, 0.15) is 4.90 Å². The summed E-state index contributed by atoms with van der Waals surface area (Å²) in [6.07, 6.45) is 0.00733. The minimum Gasteiger partial charge on any atom is -0.465 e. The van der Waals surface area contributed by atoms with Crippen LogP contribution in [0.25, 0.3) is 0 Å². The van der Waals surface area contributed by atoms with E-state index in [1.54, 1.807) is 0 Å². The Labute approximate surface area is 144 Å². The van der Waals surface area contributed by atoms with E-state index in [9.17, 15) is 18.0 Å². The minimum atomic E-state index is -3.84. The van der Waals surface area contributed by atoms with Gasteiger partial charge in [-0.2, -0.15) is 4.31 Å². The van der Waals surface area contributed by atoms with E-state index in [2.05, 4.69) is 11.9 Å². The molecule has 1 fully saturated rings. The van der Waals surface area contributed by atoms with Crippen LogP contribution in [0.4, 0.5) is 10.5 Å². The fourth-order valence-electron chi connectivity index (χ4n) is 2.24. The number of piperazine rings is 1. The molecule has 1 aliphatic rings. The highest BCUT2D eigenvalue weighted by atomic mass is 35.5. The van der Waals surface area contributed by atoms with Gasteiger partial charge in [-0.25, -0.2) is 13.2 Å². The Bertz CT molecular complexity index is 773. The molecule has 2 amide bonds. The highest BCUT2D eigenvalue weighted by Gasteiger charge is 2.31. The zero-order valence-electron chi connectivity index (χ0n) is 12.6. The molecule has 10 heteroatoms. The zero-order chi connectivity index (χ0) is 17.9. The molecule has 1 aromatic rings. The summed E-state index contributed by atoms with van der Waals surface area (Å²) in [5, 5.41) is 11.4. The molecule has 0 spiro atoms. The fraction of sp³-hybridized carbons (Fsp3) is 0.286. The van der Waals surface area contributed by atoms with Crippen molar-refractivity contribution in [1.82, 2.24) is 9.21 Å². The molecule has 8 nitrogen and oxygen atoms in total. The van der Waals surface area contributed by atoms with Crippen LogP contribution in [-0.4, -0.2) is 60.9 Å². The normalized spacial score (nSPS) is 15.8. The first-order valence-electron chi connectivity index (χ1n) is 6.96. The second kappa shape index (κ2) is 7.20. The average molecular weight is 374 g/mol. The number of amides is 2. The standard InChI is InChI=1S/C14H16ClN3O5S/c1-2-13(19)16-10-3-4-12(11(15)9-10)24(22,23)18-7-5-17(6-8-18)14(20)21/h2-4,9H,1,5-8H2,(H,16,19)(H,20,21). The van der Waals surface area contributed by atoms with Crippen molar-refractivity contribution in [2.24, 2.45) is 0 Å². The third-order valence-electron chi connectivity index (χ3n) is 3.51. The van der Waals surface area contributed by atoms with Crippen molar-refractivity contribution >= 4 is 39.3 Å². The monoisotopic (exact) mass is 373 g/mol. The second-order valence-electron chi connectivity index (χ2n) is 5.01. The summed E-state index contributed by atoms with van der Waals surface area (Å²) in [7, 11) is -3.84. The van der Waals surface area contributed by atoms with Crippen molar-refractivity contribution in [2.45, 2.75) is 4.90 Å². The molecule has 1 saturated heterocycles. The van der Waals surface area contributed by atoms with E-state index in [1.165, 1.54) is 22.5 Å². The smallest absolute Gasteiger partial charge is 0.407 e. The third-order valence-corrected chi connectivity index (χ3v) is 5.89. The predicted molar refractivity (Wildman–Crippen MR) is 88.6 cm³/mol. The number of carboxylic acid groups (broad SMARTS) is 1. The van der Waals surface area contributed by atoms with Crippen LogP contribution >= 0.6 is 11.6 Å². The van der Waals surface area contributed by atoms with Crippen molar-refractivity contribution in [3.8, 4) is 0 Å². The van der Waals surface area contributed by atoms with Crippen LogP contribution in [-0.2, 0) is 14.8 Å². The van der Waals surface area contributed by atoms with Gasteiger partial charge in [-0.05, 0) is 24.3 Å². The molecule has 0 aliphatic carbocycles. The van der Waals surface area contributed by atoms with Gasteiger partial charge in [0.2, 0.25) is 15.9 Å². The van der Waals surface area contributed by atoms with Gasteiger partial charge in [-0.1, -0.05) is 18.2 Å². The lowest BCUT2D eigenvalue weighted by Gasteiger charge is -2.32. The van der Waals surface area contributed by atoms with Crippen LogP contribution < -0.4 is 5.32 Å². The van der Waals surface area contributed by atoms with Gasteiger partial charge in [0, 0.05) is 31.9 Å². The number of benzene rings is 1. The van der Waals surface area contributed by atoms with E-state index < -0.39 is 22.0 Å². The van der Waals surface area contributed by atoms with Crippen molar-refractivity contribution in [1.29, 1.82) is 0 Å². The number of carbonyl (C=O) groups is 2. The third kappa shape index (κ3) is 3.86. The van der Waals surface area contributed by atoms with E-state index in [-0.39, 0.29) is 36.1 Å². The molecule has 0 saturated carbocycles. The maximum atomic E-state index is 12.6. The molecule has 1 heterocycles. The van der Waals surface area contributed by atoms with Crippen LogP contribution in [0.1, 0.15) is 0 Å². The Morgan fingerprint density at radius 2 is 1.88 bits per heavy atom. The largest absolute Gasteiger partial charge is 0.465 e. The van der Waals surface area contributed by atoms with Crippen molar-refractivity contribution in [3.63, 3.8) is 0 Å². The maximum Gasteiger partial charge on any atom is 0.407 e. The minimum absolute atomic E-state index is 0.0301. The van der Waals surface area contributed by atoms with Crippen LogP contribution in [0.15, 0.2) is 35.7 Å². The van der Waals surface area contributed by atoms with E-state index in [1.807, 2.05) is 0 Å². The molecule has 0 atom stereocenters. The lowest BCUT2D eigenvalue weighted by atomic mass is 10.3. The number of anilines is 1. The first-order chi connectivity index (χ1) is 11.3.